The summed E-state index contributed by atoms with van der Waals surface area (Å²) in [6.07, 6.45) is 13.3. The van der Waals surface area contributed by atoms with E-state index in [4.69, 9.17) is 5.73 Å². The van der Waals surface area contributed by atoms with Crippen molar-refractivity contribution >= 4 is 39.3 Å². The van der Waals surface area contributed by atoms with Crippen LogP contribution in [-0.2, 0) is 11.3 Å². The van der Waals surface area contributed by atoms with Crippen LogP contribution >= 0.6 is 15.9 Å². The van der Waals surface area contributed by atoms with Gasteiger partial charge in [-0.15, -0.1) is 0 Å². The van der Waals surface area contributed by atoms with E-state index in [-0.39, 0.29) is 29.7 Å². The number of aromatic nitrogens is 4. The fourth-order valence-corrected chi connectivity index (χ4v) is 5.33. The quantitative estimate of drug-likeness (QED) is 0.490. The molecule has 0 aromatic carbocycles. The molecule has 1 saturated heterocycles. The molecule has 5 rings (SSSR count). The van der Waals surface area contributed by atoms with Crippen molar-refractivity contribution in [2.24, 2.45) is 23.5 Å². The largest absolute Gasteiger partial charge is 0.369 e. The SMILES string of the molecule is NC(=O)[C@H]1[C@@H](Nc2nc(Nc3cnn(CCN4CCCC4)c3)ncc2Br)[C@@H]2C=C[C@H]1C2. The Morgan fingerprint density at radius 3 is 2.81 bits per heavy atom. The first-order chi connectivity index (χ1) is 15.1. The van der Waals surface area contributed by atoms with E-state index in [2.05, 4.69) is 58.7 Å². The molecule has 4 N–H and O–H groups in total. The van der Waals surface area contributed by atoms with Crippen molar-refractivity contribution in [1.29, 1.82) is 0 Å². The van der Waals surface area contributed by atoms with Crippen molar-refractivity contribution < 1.29 is 4.79 Å². The van der Waals surface area contributed by atoms with Crippen LogP contribution in [0.3, 0.4) is 0 Å². The molecule has 31 heavy (non-hydrogen) atoms. The number of rotatable bonds is 8. The van der Waals surface area contributed by atoms with E-state index in [9.17, 15) is 4.79 Å². The third kappa shape index (κ3) is 4.31. The highest BCUT2D eigenvalue weighted by molar-refractivity contribution is 9.10. The number of anilines is 3. The second kappa shape index (κ2) is 8.58. The minimum Gasteiger partial charge on any atom is -0.369 e. The van der Waals surface area contributed by atoms with Gasteiger partial charge in [0, 0.05) is 25.0 Å². The normalized spacial score (nSPS) is 27.1. The van der Waals surface area contributed by atoms with Crippen molar-refractivity contribution in [3.63, 3.8) is 0 Å². The van der Waals surface area contributed by atoms with Gasteiger partial charge in [0.15, 0.2) is 0 Å². The Kier molecular flexibility index (Phi) is 5.66. The van der Waals surface area contributed by atoms with Gasteiger partial charge >= 0.3 is 0 Å². The molecule has 1 saturated carbocycles. The summed E-state index contributed by atoms with van der Waals surface area (Å²) < 4.78 is 2.69. The van der Waals surface area contributed by atoms with Crippen LogP contribution in [0.2, 0.25) is 0 Å². The summed E-state index contributed by atoms with van der Waals surface area (Å²) in [5, 5.41) is 11.1. The zero-order chi connectivity index (χ0) is 21.4. The first-order valence-electron chi connectivity index (χ1n) is 10.9. The number of nitrogens with two attached hydrogens (primary N) is 1. The lowest BCUT2D eigenvalue weighted by molar-refractivity contribution is -0.122. The van der Waals surface area contributed by atoms with Gasteiger partial charge in [0.25, 0.3) is 0 Å². The molecule has 0 spiro atoms. The second-order valence-electron chi connectivity index (χ2n) is 8.60. The van der Waals surface area contributed by atoms with Crippen LogP contribution in [0.25, 0.3) is 0 Å². The van der Waals surface area contributed by atoms with E-state index in [1.807, 2.05) is 10.9 Å². The predicted octanol–water partition coefficient (Wildman–Crippen LogP) is 2.36. The number of fused-ring (bicyclic) bond motifs is 2. The maximum absolute atomic E-state index is 12.0. The zero-order valence-corrected chi connectivity index (χ0v) is 18.8. The molecule has 164 valence electrons. The van der Waals surface area contributed by atoms with Crippen LogP contribution in [0.1, 0.15) is 19.3 Å². The summed E-state index contributed by atoms with van der Waals surface area (Å²) in [4.78, 5) is 23.5. The van der Waals surface area contributed by atoms with Gasteiger partial charge in [-0.3, -0.25) is 9.48 Å². The van der Waals surface area contributed by atoms with E-state index in [1.54, 1.807) is 12.4 Å². The molecule has 1 amide bonds. The molecular formula is C21H27BrN8O. The molecule has 2 bridgehead atoms. The third-order valence-corrected chi connectivity index (χ3v) is 7.15. The van der Waals surface area contributed by atoms with E-state index in [1.165, 1.54) is 25.9 Å². The van der Waals surface area contributed by atoms with Crippen LogP contribution in [-0.4, -0.2) is 56.2 Å². The molecule has 2 aromatic heterocycles. The summed E-state index contributed by atoms with van der Waals surface area (Å²) in [6, 6.07) is -0.0557. The first kappa shape index (κ1) is 20.4. The average molecular weight is 487 g/mol. The number of primary amides is 1. The molecule has 3 aliphatic rings. The highest BCUT2D eigenvalue weighted by Gasteiger charge is 2.47. The maximum atomic E-state index is 12.0. The van der Waals surface area contributed by atoms with Crippen LogP contribution in [0.4, 0.5) is 17.5 Å². The number of carbonyl (C=O) groups is 1. The van der Waals surface area contributed by atoms with Gasteiger partial charge < -0.3 is 21.3 Å². The third-order valence-electron chi connectivity index (χ3n) is 6.57. The molecule has 9 nitrogen and oxygen atoms in total. The summed E-state index contributed by atoms with van der Waals surface area (Å²) in [7, 11) is 0. The molecule has 2 aliphatic carbocycles. The lowest BCUT2D eigenvalue weighted by Crippen LogP contribution is -2.41. The van der Waals surface area contributed by atoms with E-state index < -0.39 is 0 Å². The van der Waals surface area contributed by atoms with Gasteiger partial charge in [-0.2, -0.15) is 10.1 Å². The van der Waals surface area contributed by atoms with Crippen LogP contribution in [0.15, 0.2) is 35.2 Å². The smallest absolute Gasteiger partial charge is 0.229 e. The van der Waals surface area contributed by atoms with Gasteiger partial charge in [0.2, 0.25) is 11.9 Å². The van der Waals surface area contributed by atoms with Gasteiger partial charge in [0.1, 0.15) is 5.82 Å². The second-order valence-corrected chi connectivity index (χ2v) is 9.46. The van der Waals surface area contributed by atoms with Crippen molar-refractivity contribution in [3.05, 3.63) is 35.2 Å². The zero-order valence-electron chi connectivity index (χ0n) is 17.2. The van der Waals surface area contributed by atoms with Gasteiger partial charge in [-0.1, -0.05) is 12.2 Å². The Balaban J connectivity index is 1.25. The number of halogens is 1. The summed E-state index contributed by atoms with van der Waals surface area (Å²) in [5.41, 5.74) is 6.52. The monoisotopic (exact) mass is 486 g/mol. The fourth-order valence-electron chi connectivity index (χ4n) is 5.02. The molecule has 2 fully saturated rings. The van der Waals surface area contributed by atoms with Crippen molar-refractivity contribution in [1.82, 2.24) is 24.6 Å². The summed E-state index contributed by atoms with van der Waals surface area (Å²) >= 11 is 3.52. The number of nitrogens with zero attached hydrogens (tertiary/aromatic N) is 5. The van der Waals surface area contributed by atoms with Crippen molar-refractivity contribution in [2.45, 2.75) is 31.8 Å². The number of hydrogen-bond donors (Lipinski definition) is 3. The van der Waals surface area contributed by atoms with E-state index >= 15 is 0 Å². The minimum atomic E-state index is -0.265. The first-order valence-corrected chi connectivity index (χ1v) is 11.6. The number of nitrogens with one attached hydrogen (secondary N) is 2. The van der Waals surface area contributed by atoms with Crippen molar-refractivity contribution in [3.8, 4) is 0 Å². The lowest BCUT2D eigenvalue weighted by Gasteiger charge is -2.27. The molecule has 10 heteroatoms. The van der Waals surface area contributed by atoms with Crippen LogP contribution in [0.5, 0.6) is 0 Å². The Bertz CT molecular complexity index is 986. The van der Waals surface area contributed by atoms with Gasteiger partial charge in [-0.25, -0.2) is 4.98 Å². The number of carbonyl (C=O) groups excluding carboxylic acids is 1. The van der Waals surface area contributed by atoms with Gasteiger partial charge in [-0.05, 0) is 60.1 Å². The molecule has 1 aliphatic heterocycles. The highest BCUT2D eigenvalue weighted by Crippen LogP contribution is 2.45. The molecular weight excluding hydrogens is 460 g/mol. The molecule has 0 unspecified atom stereocenters. The maximum Gasteiger partial charge on any atom is 0.229 e. The Morgan fingerprint density at radius 1 is 1.19 bits per heavy atom. The number of hydrogen-bond acceptors (Lipinski definition) is 7. The topological polar surface area (TPSA) is 114 Å². The summed E-state index contributed by atoms with van der Waals surface area (Å²) in [5.74, 6) is 1.13. The lowest BCUT2D eigenvalue weighted by atomic mass is 9.88. The van der Waals surface area contributed by atoms with Gasteiger partial charge in [0.05, 0.1) is 28.8 Å². The number of amides is 1. The Hall–Kier alpha value is -2.46. The molecule has 2 aromatic rings. The Labute approximate surface area is 189 Å². The summed E-state index contributed by atoms with van der Waals surface area (Å²) in [6.45, 7) is 4.25. The molecule has 0 radical (unpaired) electrons. The number of likely N-dealkylation sites (tertiary alicyclic amines) is 1. The molecule has 4 atom stereocenters. The van der Waals surface area contributed by atoms with E-state index in [0.29, 0.717) is 11.8 Å². The number of allylic oxidation sites excluding steroid dienone is 1. The Morgan fingerprint density at radius 2 is 2.00 bits per heavy atom. The molecule has 3 heterocycles. The van der Waals surface area contributed by atoms with Crippen LogP contribution in [0, 0.1) is 17.8 Å². The highest BCUT2D eigenvalue weighted by atomic mass is 79.9. The van der Waals surface area contributed by atoms with Crippen LogP contribution < -0.4 is 16.4 Å². The average Bonchev–Trinajstić information content (AvgIpc) is 3.54. The van der Waals surface area contributed by atoms with Crippen molar-refractivity contribution in [2.75, 3.05) is 30.3 Å². The fraction of sp³-hybridized carbons (Fsp3) is 0.524. The van der Waals surface area contributed by atoms with E-state index in [0.717, 1.165) is 29.7 Å². The predicted molar refractivity (Wildman–Crippen MR) is 122 cm³/mol. The minimum absolute atomic E-state index is 0.0557. The standard InChI is InChI=1S/C21H27BrN8O/c22-16-11-24-21(26-15-10-25-30(12-15)8-7-29-5-1-2-6-29)28-20(16)27-18-14-4-3-13(9-14)17(18)19(23)31/h3-4,10-14,17-18H,1-2,5-9H2,(H2,23,31)(H2,24,26,27,28)/t13-,14+,17+,18-/m0/s1.